The number of fused-ring (bicyclic) bond motifs is 1. The fourth-order valence-corrected chi connectivity index (χ4v) is 2.42. The molecule has 2 saturated carbocycles. The molecule has 5 heteroatoms. The van der Waals surface area contributed by atoms with Gasteiger partial charge in [0.25, 0.3) is 0 Å². The van der Waals surface area contributed by atoms with Gasteiger partial charge >= 0.3 is 0 Å². The molecule has 0 bridgehead atoms. The summed E-state index contributed by atoms with van der Waals surface area (Å²) in [6.45, 7) is 0.702. The van der Waals surface area contributed by atoms with Gasteiger partial charge in [0, 0.05) is 12.6 Å². The van der Waals surface area contributed by atoms with Gasteiger partial charge in [-0.25, -0.2) is 0 Å². The number of nitrogens with zero attached hydrogens (tertiary/aromatic N) is 4. The second-order valence-electron chi connectivity index (χ2n) is 5.88. The van der Waals surface area contributed by atoms with Crippen LogP contribution in [0.25, 0.3) is 5.65 Å². The maximum Gasteiger partial charge on any atom is 0.182 e. The van der Waals surface area contributed by atoms with E-state index in [2.05, 4.69) is 16.3 Å². The highest BCUT2D eigenvalue weighted by atomic mass is 16.5. The summed E-state index contributed by atoms with van der Waals surface area (Å²) in [5.74, 6) is 3.00. The van der Waals surface area contributed by atoms with Gasteiger partial charge in [-0.15, -0.1) is 10.2 Å². The fraction of sp³-hybridized carbons (Fsp3) is 0.533. The number of pyridine rings is 1. The summed E-state index contributed by atoms with van der Waals surface area (Å²) in [5, 5.41) is 17.8. The van der Waals surface area contributed by atoms with Crippen molar-refractivity contribution in [3.63, 3.8) is 0 Å². The Kier molecular flexibility index (Phi) is 2.62. The molecular weight excluding hydrogens is 252 g/mol. The first-order valence-corrected chi connectivity index (χ1v) is 7.24. The molecule has 102 valence electrons. The summed E-state index contributed by atoms with van der Waals surface area (Å²) in [7, 11) is 0. The Morgan fingerprint density at radius 2 is 2.05 bits per heavy atom. The van der Waals surface area contributed by atoms with Gasteiger partial charge in [-0.1, -0.05) is 0 Å². The smallest absolute Gasteiger partial charge is 0.182 e. The quantitative estimate of drug-likeness (QED) is 0.835. The zero-order valence-electron chi connectivity index (χ0n) is 11.2. The van der Waals surface area contributed by atoms with E-state index in [-0.39, 0.29) is 0 Å². The summed E-state index contributed by atoms with van der Waals surface area (Å²) in [6.07, 6.45) is 7.91. The van der Waals surface area contributed by atoms with Gasteiger partial charge in [0.05, 0.1) is 6.61 Å². The van der Waals surface area contributed by atoms with E-state index in [1.54, 1.807) is 0 Å². The number of ether oxygens (including phenoxy) is 1. The minimum Gasteiger partial charge on any atom is -0.492 e. The molecule has 2 aliphatic carbocycles. The van der Waals surface area contributed by atoms with Crippen molar-refractivity contribution in [2.24, 2.45) is 11.8 Å². The van der Waals surface area contributed by atoms with Crippen LogP contribution < -0.4 is 4.74 Å². The summed E-state index contributed by atoms with van der Waals surface area (Å²) < 4.78 is 7.69. The van der Waals surface area contributed by atoms with Crippen LogP contribution in [0.1, 0.15) is 37.1 Å². The van der Waals surface area contributed by atoms with Crippen molar-refractivity contribution in [3.05, 3.63) is 23.7 Å². The predicted octanol–water partition coefficient (Wildman–Crippen LogP) is 2.34. The Morgan fingerprint density at radius 1 is 1.25 bits per heavy atom. The van der Waals surface area contributed by atoms with Gasteiger partial charge in [0.15, 0.2) is 5.65 Å². The Balaban J connectivity index is 1.68. The van der Waals surface area contributed by atoms with Gasteiger partial charge in [-0.3, -0.25) is 4.40 Å². The zero-order chi connectivity index (χ0) is 13.5. The molecule has 0 amide bonds. The van der Waals surface area contributed by atoms with Crippen LogP contribution in [0.5, 0.6) is 5.75 Å². The van der Waals surface area contributed by atoms with Crippen LogP contribution >= 0.6 is 0 Å². The molecule has 0 spiro atoms. The maximum atomic E-state index is 9.39. The van der Waals surface area contributed by atoms with Crippen molar-refractivity contribution >= 4 is 5.65 Å². The molecule has 20 heavy (non-hydrogen) atoms. The van der Waals surface area contributed by atoms with E-state index in [0.717, 1.165) is 18.2 Å². The van der Waals surface area contributed by atoms with E-state index >= 15 is 0 Å². The van der Waals surface area contributed by atoms with Crippen LogP contribution in [-0.4, -0.2) is 21.2 Å². The molecule has 0 atom stereocenters. The van der Waals surface area contributed by atoms with Crippen LogP contribution in [0.4, 0.5) is 0 Å². The fourth-order valence-electron chi connectivity index (χ4n) is 2.42. The number of rotatable bonds is 5. The molecule has 0 aliphatic heterocycles. The lowest BCUT2D eigenvalue weighted by Crippen LogP contribution is -2.03. The Bertz CT molecular complexity index is 692. The summed E-state index contributed by atoms with van der Waals surface area (Å²) >= 11 is 0. The van der Waals surface area contributed by atoms with E-state index in [9.17, 15) is 5.26 Å². The van der Waals surface area contributed by atoms with Crippen LogP contribution in [0.2, 0.25) is 0 Å². The zero-order valence-corrected chi connectivity index (χ0v) is 11.2. The summed E-state index contributed by atoms with van der Waals surface area (Å²) in [4.78, 5) is 0. The van der Waals surface area contributed by atoms with Crippen molar-refractivity contribution in [2.45, 2.75) is 32.1 Å². The van der Waals surface area contributed by atoms with Gasteiger partial charge < -0.3 is 4.74 Å². The first-order valence-electron chi connectivity index (χ1n) is 7.24. The molecular formula is C15H16N4O. The third-order valence-corrected chi connectivity index (χ3v) is 4.06. The Labute approximate surface area is 117 Å². The highest BCUT2D eigenvalue weighted by Gasteiger charge is 2.26. The standard InChI is InChI=1S/C15H16N4O/c16-8-12-13(20-9-11-3-4-11)5-6-19-14(7-10-1-2-10)17-18-15(12)19/h5-6,10-11H,1-4,7,9H2. The van der Waals surface area contributed by atoms with E-state index in [1.807, 2.05) is 16.7 Å². The van der Waals surface area contributed by atoms with Crippen molar-refractivity contribution < 1.29 is 4.74 Å². The average Bonchev–Trinajstić information content (AvgIpc) is 3.36. The molecule has 0 N–H and O–H groups in total. The molecule has 2 aromatic heterocycles. The van der Waals surface area contributed by atoms with Crippen molar-refractivity contribution in [2.75, 3.05) is 6.61 Å². The summed E-state index contributed by atoms with van der Waals surface area (Å²) in [5.41, 5.74) is 1.12. The predicted molar refractivity (Wildman–Crippen MR) is 72.3 cm³/mol. The third kappa shape index (κ3) is 2.11. The third-order valence-electron chi connectivity index (χ3n) is 4.06. The van der Waals surface area contributed by atoms with Gasteiger partial charge in [0.1, 0.15) is 23.2 Å². The lowest BCUT2D eigenvalue weighted by molar-refractivity contribution is 0.299. The number of hydrogen-bond acceptors (Lipinski definition) is 4. The molecule has 0 unspecified atom stereocenters. The van der Waals surface area contributed by atoms with E-state index in [1.165, 1.54) is 25.7 Å². The van der Waals surface area contributed by atoms with Gasteiger partial charge in [-0.05, 0) is 43.6 Å². The lowest BCUT2D eigenvalue weighted by atomic mass is 10.2. The van der Waals surface area contributed by atoms with E-state index in [4.69, 9.17) is 4.74 Å². The van der Waals surface area contributed by atoms with E-state index < -0.39 is 0 Å². The number of aromatic nitrogens is 3. The first kappa shape index (κ1) is 11.7. The Morgan fingerprint density at radius 3 is 2.75 bits per heavy atom. The topological polar surface area (TPSA) is 63.2 Å². The normalized spacial score (nSPS) is 18.1. The number of hydrogen-bond donors (Lipinski definition) is 0. The van der Waals surface area contributed by atoms with Crippen LogP contribution in [0.15, 0.2) is 12.3 Å². The molecule has 4 rings (SSSR count). The van der Waals surface area contributed by atoms with Gasteiger partial charge in [0.2, 0.25) is 0 Å². The lowest BCUT2D eigenvalue weighted by Gasteiger charge is -2.08. The van der Waals surface area contributed by atoms with Gasteiger partial charge in [-0.2, -0.15) is 5.26 Å². The van der Waals surface area contributed by atoms with Crippen LogP contribution in [0.3, 0.4) is 0 Å². The second-order valence-corrected chi connectivity index (χ2v) is 5.88. The average molecular weight is 268 g/mol. The second kappa shape index (κ2) is 4.48. The molecule has 2 aromatic rings. The monoisotopic (exact) mass is 268 g/mol. The van der Waals surface area contributed by atoms with Crippen molar-refractivity contribution in [1.29, 1.82) is 5.26 Å². The van der Waals surface area contributed by atoms with E-state index in [0.29, 0.717) is 29.5 Å². The molecule has 2 fully saturated rings. The molecule has 2 aliphatic rings. The van der Waals surface area contributed by atoms with Crippen molar-refractivity contribution in [3.8, 4) is 11.8 Å². The largest absolute Gasteiger partial charge is 0.492 e. The highest BCUT2D eigenvalue weighted by molar-refractivity contribution is 5.61. The van der Waals surface area contributed by atoms with Crippen LogP contribution in [-0.2, 0) is 6.42 Å². The molecule has 0 radical (unpaired) electrons. The van der Waals surface area contributed by atoms with Crippen LogP contribution in [0, 0.1) is 23.2 Å². The molecule has 5 nitrogen and oxygen atoms in total. The number of nitriles is 1. The molecule has 0 saturated heterocycles. The maximum absolute atomic E-state index is 9.39. The summed E-state index contributed by atoms with van der Waals surface area (Å²) in [6, 6.07) is 4.09. The van der Waals surface area contributed by atoms with Crippen molar-refractivity contribution in [1.82, 2.24) is 14.6 Å². The molecule has 2 heterocycles. The minimum atomic E-state index is 0.502. The minimum absolute atomic E-state index is 0.502. The SMILES string of the molecule is N#Cc1c(OCC2CC2)ccn2c(CC3CC3)nnc12. The Hall–Kier alpha value is -2.09. The highest BCUT2D eigenvalue weighted by Crippen LogP contribution is 2.33. The molecule has 0 aromatic carbocycles. The first-order chi connectivity index (χ1) is 9.85.